The molecule has 1 rings (SSSR count). The van der Waals surface area contributed by atoms with Crippen molar-refractivity contribution in [2.45, 2.75) is 39.7 Å². The minimum atomic E-state index is -0.0156. The fraction of sp³-hybridized carbons (Fsp3) is 0.533. The molecule has 3 heteroatoms. The number of nitrogens with one attached hydrogen (secondary N) is 1. The first kappa shape index (κ1) is 15.2. The lowest BCUT2D eigenvalue weighted by Gasteiger charge is -2.31. The molecule has 0 spiro atoms. The molecule has 100 valence electrons. The third-order valence-corrected chi connectivity index (χ3v) is 3.31. The number of hydrogen-bond donors (Lipinski definition) is 1. The summed E-state index contributed by atoms with van der Waals surface area (Å²) < 4.78 is 0. The van der Waals surface area contributed by atoms with E-state index in [1.807, 2.05) is 12.1 Å². The Morgan fingerprint density at radius 3 is 2.56 bits per heavy atom. The molecule has 18 heavy (non-hydrogen) atoms. The van der Waals surface area contributed by atoms with Gasteiger partial charge in [-0.15, -0.1) is 6.58 Å². The highest BCUT2D eigenvalue weighted by atomic mass is 35.5. The fourth-order valence-corrected chi connectivity index (χ4v) is 1.84. The van der Waals surface area contributed by atoms with Gasteiger partial charge in [0.15, 0.2) is 0 Å². The summed E-state index contributed by atoms with van der Waals surface area (Å²) in [5.41, 5.74) is 1.20. The van der Waals surface area contributed by atoms with Crippen LogP contribution in [0.3, 0.4) is 0 Å². The average Bonchev–Trinajstić information content (AvgIpc) is 2.29. The van der Waals surface area contributed by atoms with Crippen molar-refractivity contribution in [1.29, 1.82) is 0 Å². The maximum atomic E-state index is 6.16. The van der Waals surface area contributed by atoms with Crippen LogP contribution < -0.4 is 5.32 Å². The van der Waals surface area contributed by atoms with Gasteiger partial charge in [-0.1, -0.05) is 24.6 Å². The lowest BCUT2D eigenvalue weighted by molar-refractivity contribution is 0.322. The first-order valence-corrected chi connectivity index (χ1v) is 6.61. The number of hydrogen-bond acceptors (Lipinski definition) is 2. The van der Waals surface area contributed by atoms with Gasteiger partial charge in [0.05, 0.1) is 5.02 Å². The van der Waals surface area contributed by atoms with Crippen LogP contribution in [0.5, 0.6) is 0 Å². The van der Waals surface area contributed by atoms with Crippen LogP contribution in [0.4, 0.5) is 0 Å². The predicted octanol–water partition coefficient (Wildman–Crippen LogP) is 3.86. The minimum absolute atomic E-state index is 0.0156. The minimum Gasteiger partial charge on any atom is -0.311 e. The Labute approximate surface area is 115 Å². The maximum absolute atomic E-state index is 6.16. The van der Waals surface area contributed by atoms with Crippen molar-refractivity contribution in [2.24, 2.45) is 5.41 Å². The largest absolute Gasteiger partial charge is 0.311 e. The lowest BCUT2D eigenvalue weighted by Crippen LogP contribution is -2.43. The highest BCUT2D eigenvalue weighted by Gasteiger charge is 2.24. The van der Waals surface area contributed by atoms with E-state index < -0.39 is 0 Å². The average molecular weight is 267 g/mol. The monoisotopic (exact) mass is 266 g/mol. The van der Waals surface area contributed by atoms with Crippen LogP contribution in [0, 0.1) is 5.41 Å². The zero-order chi connectivity index (χ0) is 13.8. The molecule has 1 atom stereocenters. The first-order valence-electron chi connectivity index (χ1n) is 6.23. The molecule has 0 amide bonds. The Morgan fingerprint density at radius 2 is 2.06 bits per heavy atom. The van der Waals surface area contributed by atoms with Crippen molar-refractivity contribution >= 4 is 11.6 Å². The summed E-state index contributed by atoms with van der Waals surface area (Å²) in [6.07, 6.45) is 6.34. The van der Waals surface area contributed by atoms with Gasteiger partial charge >= 0.3 is 0 Å². The second kappa shape index (κ2) is 5.85. The summed E-state index contributed by atoms with van der Waals surface area (Å²) in [4.78, 5) is 4.01. The SMILES string of the molecule is C=CC(C)(CNC(C)(C)C)Cc1ccncc1Cl. The van der Waals surface area contributed by atoms with Gasteiger partial charge in [-0.05, 0) is 38.8 Å². The molecule has 0 radical (unpaired) electrons. The van der Waals surface area contributed by atoms with E-state index in [1.54, 1.807) is 12.4 Å². The normalized spacial score (nSPS) is 15.2. The summed E-state index contributed by atoms with van der Waals surface area (Å²) in [5, 5.41) is 4.25. The molecule has 0 saturated heterocycles. The van der Waals surface area contributed by atoms with E-state index >= 15 is 0 Å². The molecule has 1 aromatic rings. The second-order valence-corrected chi connectivity index (χ2v) is 6.51. The molecule has 0 bridgehead atoms. The van der Waals surface area contributed by atoms with Gasteiger partial charge in [0.1, 0.15) is 0 Å². The fourth-order valence-electron chi connectivity index (χ4n) is 1.66. The summed E-state index contributed by atoms with van der Waals surface area (Å²) in [7, 11) is 0. The zero-order valence-corrected chi connectivity index (χ0v) is 12.5. The summed E-state index contributed by atoms with van der Waals surface area (Å²) in [6, 6.07) is 1.97. The van der Waals surface area contributed by atoms with E-state index in [2.05, 4.69) is 44.6 Å². The first-order chi connectivity index (χ1) is 8.26. The number of halogens is 1. The second-order valence-electron chi connectivity index (χ2n) is 6.11. The van der Waals surface area contributed by atoms with Crippen molar-refractivity contribution < 1.29 is 0 Å². The maximum Gasteiger partial charge on any atom is 0.0621 e. The molecule has 0 aliphatic rings. The van der Waals surface area contributed by atoms with E-state index in [0.29, 0.717) is 0 Å². The van der Waals surface area contributed by atoms with Crippen molar-refractivity contribution in [1.82, 2.24) is 10.3 Å². The lowest BCUT2D eigenvalue weighted by atomic mass is 9.83. The molecule has 0 fully saturated rings. The van der Waals surface area contributed by atoms with Crippen LogP contribution >= 0.6 is 11.6 Å². The van der Waals surface area contributed by atoms with Crippen LogP contribution in [-0.2, 0) is 6.42 Å². The van der Waals surface area contributed by atoms with E-state index in [4.69, 9.17) is 11.6 Å². The van der Waals surface area contributed by atoms with Gasteiger partial charge in [0.2, 0.25) is 0 Å². The topological polar surface area (TPSA) is 24.9 Å². The van der Waals surface area contributed by atoms with E-state index in [-0.39, 0.29) is 11.0 Å². The molecule has 0 saturated carbocycles. The smallest absolute Gasteiger partial charge is 0.0621 e. The highest BCUT2D eigenvalue weighted by Crippen LogP contribution is 2.27. The zero-order valence-electron chi connectivity index (χ0n) is 11.8. The third-order valence-electron chi connectivity index (χ3n) is 2.97. The molecule has 1 unspecified atom stereocenters. The quantitative estimate of drug-likeness (QED) is 0.819. The van der Waals surface area contributed by atoms with Gasteiger partial charge < -0.3 is 5.32 Å². The van der Waals surface area contributed by atoms with E-state index in [0.717, 1.165) is 23.6 Å². The Kier molecular flexibility index (Phi) is 4.94. The van der Waals surface area contributed by atoms with Crippen LogP contribution in [-0.4, -0.2) is 17.1 Å². The molecule has 0 aliphatic carbocycles. The van der Waals surface area contributed by atoms with Crippen molar-refractivity contribution in [3.8, 4) is 0 Å². The summed E-state index contributed by atoms with van der Waals surface area (Å²) in [5.74, 6) is 0. The molecule has 0 aromatic carbocycles. The highest BCUT2D eigenvalue weighted by molar-refractivity contribution is 6.31. The van der Waals surface area contributed by atoms with Crippen LogP contribution in [0.2, 0.25) is 5.02 Å². The molecular weight excluding hydrogens is 244 g/mol. The van der Waals surface area contributed by atoms with Gasteiger partial charge in [-0.3, -0.25) is 4.98 Å². The summed E-state index contributed by atoms with van der Waals surface area (Å²) in [6.45, 7) is 13.5. The van der Waals surface area contributed by atoms with Crippen molar-refractivity contribution in [2.75, 3.05) is 6.54 Å². The Balaban J connectivity index is 2.77. The number of aromatic nitrogens is 1. The Hall–Kier alpha value is -0.860. The summed E-state index contributed by atoms with van der Waals surface area (Å²) >= 11 is 6.16. The van der Waals surface area contributed by atoms with Crippen molar-refractivity contribution in [3.05, 3.63) is 41.7 Å². The molecular formula is C15H23ClN2. The molecule has 2 nitrogen and oxygen atoms in total. The van der Waals surface area contributed by atoms with Crippen LogP contribution in [0.1, 0.15) is 33.3 Å². The van der Waals surface area contributed by atoms with Crippen LogP contribution in [0.25, 0.3) is 0 Å². The van der Waals surface area contributed by atoms with Gasteiger partial charge in [-0.2, -0.15) is 0 Å². The predicted molar refractivity (Wildman–Crippen MR) is 79.0 cm³/mol. The van der Waals surface area contributed by atoms with Gasteiger partial charge in [-0.25, -0.2) is 0 Å². The number of pyridine rings is 1. The van der Waals surface area contributed by atoms with E-state index in [9.17, 15) is 0 Å². The molecule has 0 aliphatic heterocycles. The standard InChI is InChI=1S/C15H23ClN2/c1-6-15(5,11-18-14(2,3)4)9-12-7-8-17-10-13(12)16/h6-8,10,18H,1,9,11H2,2-5H3. The van der Waals surface area contributed by atoms with Gasteiger partial charge in [0, 0.05) is 29.9 Å². The van der Waals surface area contributed by atoms with E-state index in [1.165, 1.54) is 0 Å². The third kappa shape index (κ3) is 4.79. The van der Waals surface area contributed by atoms with Crippen LogP contribution in [0.15, 0.2) is 31.1 Å². The molecule has 1 heterocycles. The number of nitrogens with zero attached hydrogens (tertiary/aromatic N) is 1. The molecule has 1 N–H and O–H groups in total. The van der Waals surface area contributed by atoms with Gasteiger partial charge in [0.25, 0.3) is 0 Å². The Bertz CT molecular complexity index is 409. The van der Waals surface area contributed by atoms with Crippen molar-refractivity contribution in [3.63, 3.8) is 0 Å². The number of rotatable bonds is 5. The molecule has 1 aromatic heterocycles. The Morgan fingerprint density at radius 1 is 1.39 bits per heavy atom.